The average Bonchev–Trinajstić information content (AvgIpc) is 3.18. The summed E-state index contributed by atoms with van der Waals surface area (Å²) >= 11 is 1.64. The fourth-order valence-corrected chi connectivity index (χ4v) is 4.70. The minimum Gasteiger partial charge on any atom is -0.347 e. The molecule has 0 spiro atoms. The van der Waals surface area contributed by atoms with E-state index in [2.05, 4.69) is 38.2 Å². The minimum absolute atomic E-state index is 0.0574. The van der Waals surface area contributed by atoms with E-state index in [1.165, 1.54) is 5.56 Å². The molecule has 0 aromatic heterocycles. The van der Waals surface area contributed by atoms with Crippen LogP contribution in [0.5, 0.6) is 0 Å². The normalized spacial score (nSPS) is 17.8. The summed E-state index contributed by atoms with van der Waals surface area (Å²) in [7, 11) is 0. The molecule has 4 nitrogen and oxygen atoms in total. The van der Waals surface area contributed by atoms with Crippen LogP contribution < -0.4 is 5.32 Å². The number of rotatable bonds is 6. The zero-order valence-electron chi connectivity index (χ0n) is 17.4. The van der Waals surface area contributed by atoms with Gasteiger partial charge in [0.05, 0.1) is 11.9 Å². The number of hydrogen-bond donors (Lipinski definition) is 1. The molecular formula is C24H30N2O2S. The second-order valence-electron chi connectivity index (χ2n) is 8.78. The van der Waals surface area contributed by atoms with Gasteiger partial charge in [-0.05, 0) is 23.0 Å². The zero-order valence-corrected chi connectivity index (χ0v) is 18.2. The summed E-state index contributed by atoms with van der Waals surface area (Å²) in [5.74, 6) is 1.22. The van der Waals surface area contributed by atoms with Crippen LogP contribution in [0.3, 0.4) is 0 Å². The predicted octanol–water partition coefficient (Wildman–Crippen LogP) is 4.42. The van der Waals surface area contributed by atoms with Crippen molar-refractivity contribution < 1.29 is 9.59 Å². The monoisotopic (exact) mass is 410 g/mol. The Bertz CT molecular complexity index is 818. The molecule has 3 rings (SSSR count). The van der Waals surface area contributed by atoms with Gasteiger partial charge >= 0.3 is 0 Å². The van der Waals surface area contributed by atoms with E-state index in [1.807, 2.05) is 48.5 Å². The van der Waals surface area contributed by atoms with Gasteiger partial charge in [-0.2, -0.15) is 0 Å². The highest BCUT2D eigenvalue weighted by Crippen LogP contribution is 2.27. The molecule has 0 bridgehead atoms. The molecule has 0 radical (unpaired) electrons. The summed E-state index contributed by atoms with van der Waals surface area (Å²) in [4.78, 5) is 27.7. The lowest BCUT2D eigenvalue weighted by Gasteiger charge is -2.28. The molecule has 2 unspecified atom stereocenters. The predicted molar refractivity (Wildman–Crippen MR) is 120 cm³/mol. The van der Waals surface area contributed by atoms with Crippen molar-refractivity contribution in [2.75, 3.05) is 11.6 Å². The van der Waals surface area contributed by atoms with Crippen LogP contribution >= 0.6 is 11.8 Å². The molecular weight excluding hydrogens is 380 g/mol. The van der Waals surface area contributed by atoms with Crippen LogP contribution in [-0.4, -0.2) is 34.4 Å². The summed E-state index contributed by atoms with van der Waals surface area (Å²) in [6, 6.07) is 19.7. The minimum atomic E-state index is -0.406. The molecule has 1 saturated heterocycles. The maximum absolute atomic E-state index is 13.2. The van der Waals surface area contributed by atoms with Crippen molar-refractivity contribution in [2.24, 2.45) is 5.41 Å². The van der Waals surface area contributed by atoms with E-state index >= 15 is 0 Å². The molecule has 1 aliphatic rings. The Labute approximate surface area is 178 Å². The van der Waals surface area contributed by atoms with Gasteiger partial charge in [0.2, 0.25) is 11.8 Å². The van der Waals surface area contributed by atoms with Gasteiger partial charge in [-0.15, -0.1) is 11.8 Å². The Morgan fingerprint density at radius 2 is 1.69 bits per heavy atom. The molecule has 1 aliphatic heterocycles. The van der Waals surface area contributed by atoms with Crippen molar-refractivity contribution in [1.29, 1.82) is 0 Å². The molecule has 2 aromatic carbocycles. The molecule has 154 valence electrons. The molecule has 5 heteroatoms. The summed E-state index contributed by atoms with van der Waals surface area (Å²) in [5, 5.41) is 3.23. The number of benzene rings is 2. The van der Waals surface area contributed by atoms with Crippen molar-refractivity contribution in [3.8, 4) is 0 Å². The van der Waals surface area contributed by atoms with E-state index in [-0.39, 0.29) is 23.3 Å². The van der Waals surface area contributed by atoms with Gasteiger partial charge in [0.15, 0.2) is 0 Å². The van der Waals surface area contributed by atoms with Crippen LogP contribution in [-0.2, 0) is 16.0 Å². The largest absolute Gasteiger partial charge is 0.347 e. The second kappa shape index (κ2) is 9.49. The highest BCUT2D eigenvalue weighted by Gasteiger charge is 2.36. The molecule has 29 heavy (non-hydrogen) atoms. The molecule has 1 heterocycles. The molecule has 2 atom stereocenters. The van der Waals surface area contributed by atoms with Gasteiger partial charge in [0, 0.05) is 12.2 Å². The van der Waals surface area contributed by atoms with Crippen LogP contribution in [0.4, 0.5) is 0 Å². The zero-order chi connectivity index (χ0) is 20.9. The lowest BCUT2D eigenvalue weighted by molar-refractivity contribution is -0.139. The van der Waals surface area contributed by atoms with Crippen LogP contribution in [0, 0.1) is 5.41 Å². The van der Waals surface area contributed by atoms with E-state index in [9.17, 15) is 9.59 Å². The van der Waals surface area contributed by atoms with Crippen LogP contribution in [0.1, 0.15) is 44.4 Å². The number of amides is 2. The highest BCUT2D eigenvalue weighted by atomic mass is 32.2. The van der Waals surface area contributed by atoms with Crippen molar-refractivity contribution in [3.63, 3.8) is 0 Å². The van der Waals surface area contributed by atoms with Crippen molar-refractivity contribution in [2.45, 2.75) is 45.7 Å². The van der Waals surface area contributed by atoms with Gasteiger partial charge in [0.1, 0.15) is 6.04 Å². The Balaban J connectivity index is 1.74. The number of nitrogens with one attached hydrogen (secondary N) is 1. The van der Waals surface area contributed by atoms with Gasteiger partial charge in [-0.3, -0.25) is 9.59 Å². The van der Waals surface area contributed by atoms with Crippen LogP contribution in [0.15, 0.2) is 60.7 Å². The molecule has 0 saturated carbocycles. The Hall–Kier alpha value is -2.27. The fourth-order valence-electron chi connectivity index (χ4n) is 3.52. The third kappa shape index (κ3) is 6.10. The number of hydrogen-bond acceptors (Lipinski definition) is 3. The first-order valence-corrected chi connectivity index (χ1v) is 11.3. The number of carbonyl (C=O) groups is 2. The first-order chi connectivity index (χ1) is 13.8. The van der Waals surface area contributed by atoms with Gasteiger partial charge in [0.25, 0.3) is 0 Å². The molecule has 2 amide bonds. The third-order valence-corrected chi connectivity index (χ3v) is 6.00. The van der Waals surface area contributed by atoms with E-state index in [1.54, 1.807) is 16.7 Å². The van der Waals surface area contributed by atoms with Crippen LogP contribution in [0.25, 0.3) is 0 Å². The van der Waals surface area contributed by atoms with Crippen molar-refractivity contribution in [3.05, 3.63) is 71.8 Å². The Kier molecular flexibility index (Phi) is 7.01. The Morgan fingerprint density at radius 3 is 2.31 bits per heavy atom. The first-order valence-electron chi connectivity index (χ1n) is 10.1. The average molecular weight is 411 g/mol. The number of nitrogens with zero attached hydrogens (tertiary/aromatic N) is 1. The molecule has 1 fully saturated rings. The SMILES string of the molecule is CC(C)(C)CC(=O)N1CSCC1C(=O)NC(Cc1ccccc1)c1ccccc1. The quantitative estimate of drug-likeness (QED) is 0.767. The maximum Gasteiger partial charge on any atom is 0.244 e. The van der Waals surface area contributed by atoms with Gasteiger partial charge < -0.3 is 10.2 Å². The fraction of sp³-hybridized carbons (Fsp3) is 0.417. The number of thioether (sulfide) groups is 1. The summed E-state index contributed by atoms with van der Waals surface area (Å²) in [5.41, 5.74) is 2.15. The number of carbonyl (C=O) groups excluding carboxylic acids is 2. The van der Waals surface area contributed by atoms with E-state index in [0.717, 1.165) is 5.56 Å². The smallest absolute Gasteiger partial charge is 0.244 e. The maximum atomic E-state index is 13.2. The van der Waals surface area contributed by atoms with Crippen molar-refractivity contribution in [1.82, 2.24) is 10.2 Å². The molecule has 0 aliphatic carbocycles. The van der Waals surface area contributed by atoms with Gasteiger partial charge in [-0.25, -0.2) is 0 Å². The second-order valence-corrected chi connectivity index (χ2v) is 9.78. The van der Waals surface area contributed by atoms with E-state index in [0.29, 0.717) is 24.5 Å². The highest BCUT2D eigenvalue weighted by molar-refractivity contribution is 7.99. The summed E-state index contributed by atoms with van der Waals surface area (Å²) < 4.78 is 0. The van der Waals surface area contributed by atoms with E-state index < -0.39 is 6.04 Å². The summed E-state index contributed by atoms with van der Waals surface area (Å²) in [6.45, 7) is 6.15. The van der Waals surface area contributed by atoms with Crippen LogP contribution in [0.2, 0.25) is 0 Å². The molecule has 2 aromatic rings. The molecule has 1 N–H and O–H groups in total. The summed E-state index contributed by atoms with van der Waals surface area (Å²) in [6.07, 6.45) is 1.16. The van der Waals surface area contributed by atoms with Crippen molar-refractivity contribution >= 4 is 23.6 Å². The Morgan fingerprint density at radius 1 is 1.07 bits per heavy atom. The lowest BCUT2D eigenvalue weighted by Crippen LogP contribution is -2.49. The van der Waals surface area contributed by atoms with Gasteiger partial charge in [-0.1, -0.05) is 81.4 Å². The topological polar surface area (TPSA) is 49.4 Å². The third-order valence-electron chi connectivity index (χ3n) is 4.99. The first kappa shape index (κ1) is 21.4. The van der Waals surface area contributed by atoms with E-state index in [4.69, 9.17) is 0 Å². The lowest BCUT2D eigenvalue weighted by atomic mass is 9.91. The standard InChI is InChI=1S/C24H30N2O2S/c1-24(2,3)15-22(27)26-17-29-16-21(26)23(28)25-20(19-12-8-5-9-13-19)14-18-10-6-4-7-11-18/h4-13,20-21H,14-17H2,1-3H3,(H,25,28).